The summed E-state index contributed by atoms with van der Waals surface area (Å²) < 4.78 is 5.36. The zero-order chi connectivity index (χ0) is 8.77. The predicted octanol–water partition coefficient (Wildman–Crippen LogP) is 2.13. The molecule has 1 aliphatic heterocycles. The van der Waals surface area contributed by atoms with Crippen molar-refractivity contribution in [2.75, 3.05) is 0 Å². The Bertz CT molecular complexity index is 208. The highest BCUT2D eigenvalue weighted by Gasteiger charge is 2.50. The van der Waals surface area contributed by atoms with Crippen molar-refractivity contribution < 1.29 is 9.53 Å². The zero-order valence-corrected chi connectivity index (χ0v) is 7.80. The molecular weight excluding hydrogens is 152 g/mol. The second kappa shape index (κ2) is 2.48. The number of carbonyl (C=O) groups excluding carboxylic acids is 1. The molecule has 1 saturated heterocycles. The largest absolute Gasteiger partial charge is 0.459 e. The molecule has 2 fully saturated rings. The lowest BCUT2D eigenvalue weighted by molar-refractivity contribution is -0.148. The maximum Gasteiger partial charge on any atom is 0.309 e. The van der Waals surface area contributed by atoms with Gasteiger partial charge in [0.1, 0.15) is 5.60 Å². The van der Waals surface area contributed by atoms with Gasteiger partial charge >= 0.3 is 5.97 Å². The van der Waals surface area contributed by atoms with E-state index in [1.807, 2.05) is 13.8 Å². The minimum atomic E-state index is -0.192. The van der Waals surface area contributed by atoms with E-state index in [1.54, 1.807) is 0 Å². The average molecular weight is 168 g/mol. The number of carbonyl (C=O) groups is 1. The highest BCUT2D eigenvalue weighted by atomic mass is 16.6. The molecule has 1 saturated carbocycles. The van der Waals surface area contributed by atoms with Crippen LogP contribution in [0.1, 0.15) is 39.5 Å². The minimum absolute atomic E-state index is 0.0460. The summed E-state index contributed by atoms with van der Waals surface area (Å²) in [6, 6.07) is 0. The normalized spacial score (nSPS) is 39.0. The number of rotatable bonds is 0. The molecule has 68 valence electrons. The van der Waals surface area contributed by atoms with Gasteiger partial charge in [-0.1, -0.05) is 12.8 Å². The third kappa shape index (κ3) is 1.05. The monoisotopic (exact) mass is 168 g/mol. The van der Waals surface area contributed by atoms with Crippen molar-refractivity contribution in [3.8, 4) is 0 Å². The Morgan fingerprint density at radius 3 is 2.67 bits per heavy atom. The third-order valence-electron chi connectivity index (χ3n) is 3.33. The summed E-state index contributed by atoms with van der Waals surface area (Å²) in [6.07, 6.45) is 4.68. The number of esters is 1. The van der Waals surface area contributed by atoms with Gasteiger partial charge in [-0.3, -0.25) is 4.79 Å². The molecule has 2 rings (SSSR count). The molecular formula is C10H16O2. The van der Waals surface area contributed by atoms with Crippen molar-refractivity contribution in [2.24, 2.45) is 11.8 Å². The molecule has 1 aliphatic carbocycles. The lowest BCUT2D eigenvalue weighted by Gasteiger charge is -2.29. The van der Waals surface area contributed by atoms with Gasteiger partial charge in [-0.15, -0.1) is 0 Å². The lowest BCUT2D eigenvalue weighted by atomic mass is 9.74. The summed E-state index contributed by atoms with van der Waals surface area (Å²) in [6.45, 7) is 4.09. The van der Waals surface area contributed by atoms with Gasteiger partial charge in [-0.05, 0) is 26.7 Å². The van der Waals surface area contributed by atoms with Gasteiger partial charge in [0.2, 0.25) is 0 Å². The maximum absolute atomic E-state index is 11.4. The molecule has 2 nitrogen and oxygen atoms in total. The Morgan fingerprint density at radius 2 is 2.00 bits per heavy atom. The number of fused-ring (bicyclic) bond motifs is 1. The molecule has 0 aromatic heterocycles. The van der Waals surface area contributed by atoms with Crippen LogP contribution in [0.15, 0.2) is 0 Å². The Labute approximate surface area is 73.3 Å². The molecule has 0 spiro atoms. The van der Waals surface area contributed by atoms with E-state index in [0.29, 0.717) is 5.92 Å². The molecule has 0 aromatic rings. The van der Waals surface area contributed by atoms with Crippen LogP contribution < -0.4 is 0 Å². The van der Waals surface area contributed by atoms with E-state index in [2.05, 4.69) is 0 Å². The molecule has 1 heterocycles. The number of ether oxygens (including phenoxy) is 1. The first-order chi connectivity index (χ1) is 5.61. The maximum atomic E-state index is 11.4. The summed E-state index contributed by atoms with van der Waals surface area (Å²) in [5.74, 6) is 0.747. The third-order valence-corrected chi connectivity index (χ3v) is 3.33. The molecule has 0 radical (unpaired) electrons. The first-order valence-electron chi connectivity index (χ1n) is 4.84. The molecule has 2 aliphatic rings. The highest BCUT2D eigenvalue weighted by Crippen LogP contribution is 2.45. The summed E-state index contributed by atoms with van der Waals surface area (Å²) >= 11 is 0. The van der Waals surface area contributed by atoms with Crippen molar-refractivity contribution in [1.29, 1.82) is 0 Å². The average Bonchev–Trinajstić information content (AvgIpc) is 2.25. The minimum Gasteiger partial charge on any atom is -0.459 e. The van der Waals surface area contributed by atoms with Crippen LogP contribution in [-0.2, 0) is 9.53 Å². The van der Waals surface area contributed by atoms with E-state index in [0.717, 1.165) is 6.42 Å². The quantitative estimate of drug-likeness (QED) is 0.518. The van der Waals surface area contributed by atoms with Gasteiger partial charge in [-0.25, -0.2) is 0 Å². The molecule has 0 unspecified atom stereocenters. The smallest absolute Gasteiger partial charge is 0.309 e. The predicted molar refractivity (Wildman–Crippen MR) is 45.6 cm³/mol. The van der Waals surface area contributed by atoms with Crippen LogP contribution in [0.25, 0.3) is 0 Å². The summed E-state index contributed by atoms with van der Waals surface area (Å²) in [5, 5.41) is 0. The number of cyclic esters (lactones) is 1. The van der Waals surface area contributed by atoms with Gasteiger partial charge in [-0.2, -0.15) is 0 Å². The molecule has 2 heteroatoms. The van der Waals surface area contributed by atoms with E-state index < -0.39 is 0 Å². The second-order valence-corrected chi connectivity index (χ2v) is 4.52. The molecule has 0 N–H and O–H groups in total. The first kappa shape index (κ1) is 8.09. The van der Waals surface area contributed by atoms with Gasteiger partial charge in [0.15, 0.2) is 0 Å². The van der Waals surface area contributed by atoms with Crippen LogP contribution in [-0.4, -0.2) is 11.6 Å². The fraction of sp³-hybridized carbons (Fsp3) is 0.900. The van der Waals surface area contributed by atoms with Gasteiger partial charge in [0.05, 0.1) is 5.92 Å². The van der Waals surface area contributed by atoms with Crippen LogP contribution in [0.2, 0.25) is 0 Å². The molecule has 0 aromatic carbocycles. The molecule has 0 bridgehead atoms. The van der Waals surface area contributed by atoms with Gasteiger partial charge in [0.25, 0.3) is 0 Å². The van der Waals surface area contributed by atoms with E-state index in [1.165, 1.54) is 19.3 Å². The Balaban J connectivity index is 2.22. The van der Waals surface area contributed by atoms with Crippen LogP contribution >= 0.6 is 0 Å². The molecule has 0 amide bonds. The zero-order valence-electron chi connectivity index (χ0n) is 7.80. The SMILES string of the molecule is CC1(C)OC(=O)[C@@H]2CCCC[C@@H]21. The van der Waals surface area contributed by atoms with E-state index in [4.69, 9.17) is 4.74 Å². The molecule has 12 heavy (non-hydrogen) atoms. The van der Waals surface area contributed by atoms with Crippen LogP contribution in [0.5, 0.6) is 0 Å². The van der Waals surface area contributed by atoms with Crippen LogP contribution in [0, 0.1) is 11.8 Å². The van der Waals surface area contributed by atoms with Gasteiger partial charge in [0, 0.05) is 5.92 Å². The fourth-order valence-electron chi connectivity index (χ4n) is 2.66. The van der Waals surface area contributed by atoms with Gasteiger partial charge < -0.3 is 4.74 Å². The van der Waals surface area contributed by atoms with E-state index in [-0.39, 0.29) is 17.5 Å². The summed E-state index contributed by atoms with van der Waals surface area (Å²) in [4.78, 5) is 11.4. The van der Waals surface area contributed by atoms with Crippen molar-refractivity contribution in [3.63, 3.8) is 0 Å². The van der Waals surface area contributed by atoms with E-state index in [9.17, 15) is 4.79 Å². The second-order valence-electron chi connectivity index (χ2n) is 4.52. The fourth-order valence-corrected chi connectivity index (χ4v) is 2.66. The van der Waals surface area contributed by atoms with Crippen LogP contribution in [0.3, 0.4) is 0 Å². The number of hydrogen-bond donors (Lipinski definition) is 0. The van der Waals surface area contributed by atoms with Crippen LogP contribution in [0.4, 0.5) is 0 Å². The Morgan fingerprint density at radius 1 is 1.33 bits per heavy atom. The Kier molecular flexibility index (Phi) is 1.67. The topological polar surface area (TPSA) is 26.3 Å². The summed E-state index contributed by atoms with van der Waals surface area (Å²) in [5.41, 5.74) is -0.192. The highest BCUT2D eigenvalue weighted by molar-refractivity contribution is 5.76. The van der Waals surface area contributed by atoms with Crippen molar-refractivity contribution >= 4 is 5.97 Å². The van der Waals surface area contributed by atoms with E-state index >= 15 is 0 Å². The number of hydrogen-bond acceptors (Lipinski definition) is 2. The lowest BCUT2D eigenvalue weighted by Crippen LogP contribution is -2.31. The van der Waals surface area contributed by atoms with Crippen molar-refractivity contribution in [3.05, 3.63) is 0 Å². The summed E-state index contributed by atoms with van der Waals surface area (Å²) in [7, 11) is 0. The first-order valence-corrected chi connectivity index (χ1v) is 4.84. The Hall–Kier alpha value is -0.530. The standard InChI is InChI=1S/C10H16O2/c1-10(2)8-6-4-3-5-7(8)9(11)12-10/h7-8H,3-6H2,1-2H3/t7-,8+/m1/s1. The molecule has 2 atom stereocenters. The van der Waals surface area contributed by atoms with Crippen molar-refractivity contribution in [1.82, 2.24) is 0 Å². The van der Waals surface area contributed by atoms with Crippen molar-refractivity contribution in [2.45, 2.75) is 45.1 Å².